The largest absolute Gasteiger partial charge is 0.476 e. The summed E-state index contributed by atoms with van der Waals surface area (Å²) in [4.78, 5) is 19.5. The lowest BCUT2D eigenvalue weighted by molar-refractivity contribution is 0.0696. The lowest BCUT2D eigenvalue weighted by Crippen LogP contribution is -2.36. The van der Waals surface area contributed by atoms with Crippen LogP contribution in [0.1, 0.15) is 28.3 Å². The number of nitrogens with zero attached hydrogens (tertiary/aromatic N) is 3. The van der Waals surface area contributed by atoms with E-state index in [1.807, 2.05) is 5.38 Å². The lowest BCUT2D eigenvalue weighted by Gasteiger charge is -2.25. The summed E-state index contributed by atoms with van der Waals surface area (Å²) >= 11 is 1.20. The number of aromatic nitrogens is 1. The molecule has 18 heavy (non-hydrogen) atoms. The van der Waals surface area contributed by atoms with Crippen LogP contribution in [0.2, 0.25) is 0 Å². The van der Waals surface area contributed by atoms with Crippen molar-refractivity contribution < 1.29 is 9.90 Å². The first-order chi connectivity index (χ1) is 8.56. The molecule has 2 rings (SSSR count). The normalized spacial score (nSPS) is 20.7. The fourth-order valence-electron chi connectivity index (χ4n) is 2.39. The molecule has 6 heteroatoms. The van der Waals surface area contributed by atoms with Crippen LogP contribution < -0.4 is 0 Å². The Hall–Kier alpha value is -0.980. The Morgan fingerprint density at radius 1 is 1.72 bits per heavy atom. The van der Waals surface area contributed by atoms with Gasteiger partial charge >= 0.3 is 5.97 Å². The minimum atomic E-state index is -0.940. The molecule has 0 radical (unpaired) electrons. The Bertz CT molecular complexity index is 421. The molecule has 5 nitrogen and oxygen atoms in total. The van der Waals surface area contributed by atoms with Gasteiger partial charge < -0.3 is 10.0 Å². The van der Waals surface area contributed by atoms with Crippen molar-refractivity contribution in [3.05, 3.63) is 16.1 Å². The second-order valence-electron chi connectivity index (χ2n) is 4.92. The smallest absolute Gasteiger partial charge is 0.365 e. The molecule has 0 aliphatic carbocycles. The zero-order valence-electron chi connectivity index (χ0n) is 10.8. The van der Waals surface area contributed by atoms with Gasteiger partial charge in [-0.3, -0.25) is 4.90 Å². The van der Waals surface area contributed by atoms with Crippen molar-refractivity contribution in [2.75, 3.05) is 27.2 Å². The number of carbonyl (C=O) groups is 1. The third kappa shape index (κ3) is 3.28. The molecule has 0 saturated carbocycles. The molecular weight excluding hydrogens is 250 g/mol. The third-order valence-electron chi connectivity index (χ3n) is 3.36. The first-order valence-corrected chi connectivity index (χ1v) is 7.00. The van der Waals surface area contributed by atoms with E-state index >= 15 is 0 Å². The highest BCUT2D eigenvalue weighted by Gasteiger charge is 2.22. The van der Waals surface area contributed by atoms with E-state index in [9.17, 15) is 4.79 Å². The van der Waals surface area contributed by atoms with Crippen LogP contribution in [0, 0.1) is 0 Å². The highest BCUT2D eigenvalue weighted by Crippen LogP contribution is 2.17. The van der Waals surface area contributed by atoms with Gasteiger partial charge in [0.05, 0.1) is 5.69 Å². The Morgan fingerprint density at radius 3 is 3.06 bits per heavy atom. The molecule has 0 bridgehead atoms. The molecule has 1 aliphatic rings. The molecule has 2 heterocycles. The fourth-order valence-corrected chi connectivity index (χ4v) is 3.03. The average molecular weight is 269 g/mol. The second-order valence-corrected chi connectivity index (χ2v) is 5.78. The van der Waals surface area contributed by atoms with E-state index in [4.69, 9.17) is 5.11 Å². The number of carboxylic acids is 1. The van der Waals surface area contributed by atoms with Gasteiger partial charge in [0.25, 0.3) is 0 Å². The molecule has 100 valence electrons. The van der Waals surface area contributed by atoms with Crippen molar-refractivity contribution in [3.63, 3.8) is 0 Å². The Kier molecular flexibility index (Phi) is 4.31. The van der Waals surface area contributed by atoms with Crippen molar-refractivity contribution in [2.24, 2.45) is 0 Å². The lowest BCUT2D eigenvalue weighted by atomic mass is 10.2. The van der Waals surface area contributed by atoms with Crippen molar-refractivity contribution >= 4 is 17.3 Å². The fraction of sp³-hybridized carbons (Fsp3) is 0.667. The van der Waals surface area contributed by atoms with Gasteiger partial charge in [0, 0.05) is 24.5 Å². The zero-order chi connectivity index (χ0) is 13.1. The van der Waals surface area contributed by atoms with Gasteiger partial charge in [0.1, 0.15) is 0 Å². The summed E-state index contributed by atoms with van der Waals surface area (Å²) in [7, 11) is 4.23. The molecule has 1 saturated heterocycles. The number of thiazole rings is 1. The van der Waals surface area contributed by atoms with Crippen LogP contribution in [-0.4, -0.2) is 59.1 Å². The molecule has 1 N–H and O–H groups in total. The summed E-state index contributed by atoms with van der Waals surface area (Å²) in [6.45, 7) is 2.91. The quantitative estimate of drug-likeness (QED) is 0.875. The minimum Gasteiger partial charge on any atom is -0.476 e. The minimum absolute atomic E-state index is 0.177. The van der Waals surface area contributed by atoms with Gasteiger partial charge in [0.2, 0.25) is 5.01 Å². The second kappa shape index (κ2) is 5.77. The van der Waals surface area contributed by atoms with Gasteiger partial charge in [-0.2, -0.15) is 0 Å². The summed E-state index contributed by atoms with van der Waals surface area (Å²) in [6.07, 6.45) is 2.52. The first-order valence-electron chi connectivity index (χ1n) is 6.12. The van der Waals surface area contributed by atoms with Crippen molar-refractivity contribution in [3.8, 4) is 0 Å². The summed E-state index contributed by atoms with van der Waals surface area (Å²) < 4.78 is 0. The highest BCUT2D eigenvalue weighted by molar-refractivity contribution is 7.11. The summed E-state index contributed by atoms with van der Waals surface area (Å²) in [5.74, 6) is -0.940. The monoisotopic (exact) mass is 269 g/mol. The van der Waals surface area contributed by atoms with Crippen LogP contribution in [0.5, 0.6) is 0 Å². The highest BCUT2D eigenvalue weighted by atomic mass is 32.1. The van der Waals surface area contributed by atoms with E-state index in [1.54, 1.807) is 0 Å². The van der Waals surface area contributed by atoms with Crippen molar-refractivity contribution in [1.82, 2.24) is 14.8 Å². The molecular formula is C12H19N3O2S. The van der Waals surface area contributed by atoms with Gasteiger partial charge in [-0.05, 0) is 33.5 Å². The molecule has 1 atom stereocenters. The SMILES string of the molecule is CN(Cc1csc(C(=O)O)n1)CC1CCCN1C. The predicted octanol–water partition coefficient (Wildman–Crippen LogP) is 1.37. The van der Waals surface area contributed by atoms with E-state index in [-0.39, 0.29) is 5.01 Å². The predicted molar refractivity (Wildman–Crippen MR) is 71.1 cm³/mol. The maximum atomic E-state index is 10.7. The Labute approximate surface area is 111 Å². The van der Waals surface area contributed by atoms with E-state index in [0.29, 0.717) is 12.6 Å². The number of likely N-dealkylation sites (N-methyl/N-ethyl adjacent to an activating group) is 2. The van der Waals surface area contributed by atoms with Crippen molar-refractivity contribution in [1.29, 1.82) is 0 Å². The number of carboxylic acid groups (broad SMARTS) is 1. The molecule has 1 fully saturated rings. The Balaban J connectivity index is 1.86. The van der Waals surface area contributed by atoms with E-state index < -0.39 is 5.97 Å². The number of hydrogen-bond acceptors (Lipinski definition) is 5. The topological polar surface area (TPSA) is 56.7 Å². The van der Waals surface area contributed by atoms with Gasteiger partial charge in [-0.25, -0.2) is 9.78 Å². The molecule has 0 spiro atoms. The maximum absolute atomic E-state index is 10.7. The maximum Gasteiger partial charge on any atom is 0.365 e. The van der Waals surface area contributed by atoms with Gasteiger partial charge in [-0.1, -0.05) is 0 Å². The van der Waals surface area contributed by atoms with Crippen LogP contribution in [0.25, 0.3) is 0 Å². The third-order valence-corrected chi connectivity index (χ3v) is 4.24. The van der Waals surface area contributed by atoms with E-state index in [0.717, 1.165) is 12.2 Å². The van der Waals surface area contributed by atoms with Crippen LogP contribution in [0.15, 0.2) is 5.38 Å². The Morgan fingerprint density at radius 2 is 2.50 bits per heavy atom. The summed E-state index contributed by atoms with van der Waals surface area (Å²) in [5, 5.41) is 10.8. The molecule has 0 aromatic carbocycles. The van der Waals surface area contributed by atoms with Crippen LogP contribution in [0.4, 0.5) is 0 Å². The summed E-state index contributed by atoms with van der Waals surface area (Å²) in [6, 6.07) is 0.618. The number of likely N-dealkylation sites (tertiary alicyclic amines) is 1. The molecule has 1 aliphatic heterocycles. The summed E-state index contributed by atoms with van der Waals surface area (Å²) in [5.41, 5.74) is 0.848. The van der Waals surface area contributed by atoms with Gasteiger partial charge in [-0.15, -0.1) is 11.3 Å². The van der Waals surface area contributed by atoms with Crippen LogP contribution >= 0.6 is 11.3 Å². The van der Waals surface area contributed by atoms with E-state index in [1.165, 1.54) is 30.7 Å². The van der Waals surface area contributed by atoms with E-state index in [2.05, 4.69) is 28.9 Å². The number of hydrogen-bond donors (Lipinski definition) is 1. The number of aromatic carboxylic acids is 1. The van der Waals surface area contributed by atoms with Crippen LogP contribution in [-0.2, 0) is 6.54 Å². The molecule has 1 aromatic rings. The van der Waals surface area contributed by atoms with Gasteiger partial charge in [0.15, 0.2) is 0 Å². The molecule has 1 aromatic heterocycles. The first kappa shape index (κ1) is 13.5. The molecule has 1 unspecified atom stereocenters. The number of rotatable bonds is 5. The van der Waals surface area contributed by atoms with Crippen LogP contribution in [0.3, 0.4) is 0 Å². The zero-order valence-corrected chi connectivity index (χ0v) is 11.6. The average Bonchev–Trinajstić information content (AvgIpc) is 2.89. The molecule has 0 amide bonds. The standard InChI is InChI=1S/C12H19N3O2S/c1-14(7-10-4-3-5-15(10)2)6-9-8-18-11(13-9)12(16)17/h8,10H,3-7H2,1-2H3,(H,16,17). The van der Waals surface area contributed by atoms with Crippen molar-refractivity contribution in [2.45, 2.75) is 25.4 Å².